The summed E-state index contributed by atoms with van der Waals surface area (Å²) >= 11 is 0. The summed E-state index contributed by atoms with van der Waals surface area (Å²) in [7, 11) is 0. The number of aliphatic hydroxyl groups excluding tert-OH is 1. The molecule has 1 aliphatic heterocycles. The molecule has 1 fully saturated rings. The van der Waals surface area contributed by atoms with Gasteiger partial charge in [-0.05, 0) is 50.5 Å². The number of likely N-dealkylation sites (tertiary alicyclic amines) is 1. The van der Waals surface area contributed by atoms with Gasteiger partial charge in [-0.15, -0.1) is 0 Å². The van der Waals surface area contributed by atoms with Crippen molar-refractivity contribution in [3.05, 3.63) is 30.1 Å². The molecule has 0 saturated carbocycles. The molecule has 0 bridgehead atoms. The normalized spacial score (nSPS) is 20.4. The number of aliphatic hydroxyl groups is 1. The van der Waals surface area contributed by atoms with Gasteiger partial charge in [0.05, 0.1) is 6.10 Å². The fraction of sp³-hybridized carbons (Fsp3) is 0.500. The van der Waals surface area contributed by atoms with E-state index < -0.39 is 6.10 Å². The average molecular weight is 266 g/mol. The first-order valence-corrected chi connectivity index (χ1v) is 6.57. The van der Waals surface area contributed by atoms with E-state index in [1.54, 1.807) is 11.8 Å². The van der Waals surface area contributed by atoms with Gasteiger partial charge in [0.15, 0.2) is 0 Å². The second kappa shape index (κ2) is 6.02. The molecule has 1 aromatic rings. The Balaban J connectivity index is 1.97. The Morgan fingerprint density at radius 2 is 2.21 bits per heavy atom. The van der Waals surface area contributed by atoms with E-state index >= 15 is 0 Å². The zero-order chi connectivity index (χ0) is 13.8. The van der Waals surface area contributed by atoms with Gasteiger partial charge in [-0.2, -0.15) is 0 Å². The second-order valence-electron chi connectivity index (χ2n) is 5.01. The van der Waals surface area contributed by atoms with Gasteiger partial charge in [-0.1, -0.05) is 0 Å². The molecule has 2 unspecified atom stereocenters. The summed E-state index contributed by atoms with van der Waals surface area (Å²) in [6, 6.07) is 5.59. The highest BCUT2D eigenvalue weighted by Crippen LogP contribution is 2.22. The summed E-state index contributed by atoms with van der Waals surface area (Å²) in [6.07, 6.45) is 2.05. The Bertz CT molecular complexity index is 434. The van der Waals surface area contributed by atoms with Crippen LogP contribution in [0, 0.1) is 5.82 Å². The first kappa shape index (κ1) is 13.8. The smallest absolute Gasteiger partial charge is 0.322 e. The van der Waals surface area contributed by atoms with E-state index in [1.165, 1.54) is 24.3 Å². The van der Waals surface area contributed by atoms with E-state index in [2.05, 4.69) is 5.32 Å². The van der Waals surface area contributed by atoms with E-state index in [-0.39, 0.29) is 17.9 Å². The first-order chi connectivity index (χ1) is 9.06. The lowest BCUT2D eigenvalue weighted by Gasteiger charge is -2.25. The molecule has 0 spiro atoms. The van der Waals surface area contributed by atoms with Crippen molar-refractivity contribution in [2.24, 2.45) is 0 Å². The summed E-state index contributed by atoms with van der Waals surface area (Å²) in [4.78, 5) is 13.9. The average Bonchev–Trinajstić information content (AvgIpc) is 2.79. The maximum atomic E-state index is 12.8. The largest absolute Gasteiger partial charge is 0.393 e. The molecular weight excluding hydrogens is 247 g/mol. The molecule has 0 aromatic heterocycles. The number of nitrogens with one attached hydrogen (secondary N) is 1. The van der Waals surface area contributed by atoms with E-state index in [4.69, 9.17) is 0 Å². The number of carbonyl (C=O) groups is 1. The minimum Gasteiger partial charge on any atom is -0.393 e. The molecule has 0 radical (unpaired) electrons. The monoisotopic (exact) mass is 266 g/mol. The maximum absolute atomic E-state index is 12.8. The highest BCUT2D eigenvalue weighted by atomic mass is 19.1. The number of halogens is 1. The lowest BCUT2D eigenvalue weighted by molar-refractivity contribution is 0.142. The number of benzene rings is 1. The molecule has 2 atom stereocenters. The summed E-state index contributed by atoms with van der Waals surface area (Å²) in [5, 5.41) is 12.2. The Morgan fingerprint density at radius 3 is 2.84 bits per heavy atom. The number of rotatable bonds is 3. The van der Waals surface area contributed by atoms with Crippen LogP contribution in [-0.4, -0.2) is 34.7 Å². The Morgan fingerprint density at radius 1 is 1.53 bits per heavy atom. The van der Waals surface area contributed by atoms with Gasteiger partial charge in [-0.25, -0.2) is 9.18 Å². The molecule has 5 heteroatoms. The molecule has 4 nitrogen and oxygen atoms in total. The van der Waals surface area contributed by atoms with Gasteiger partial charge in [0.25, 0.3) is 0 Å². The molecular formula is C14H19FN2O2. The van der Waals surface area contributed by atoms with E-state index in [0.717, 1.165) is 12.8 Å². The number of amides is 2. The molecule has 1 saturated heterocycles. The molecule has 2 amide bonds. The van der Waals surface area contributed by atoms with Crippen LogP contribution >= 0.6 is 0 Å². The Kier molecular flexibility index (Phi) is 4.37. The quantitative estimate of drug-likeness (QED) is 0.883. The SMILES string of the molecule is CC(O)CC1CCCN1C(=O)Nc1ccc(F)cc1. The van der Waals surface area contributed by atoms with Crippen molar-refractivity contribution >= 4 is 11.7 Å². The molecule has 104 valence electrons. The second-order valence-corrected chi connectivity index (χ2v) is 5.01. The van der Waals surface area contributed by atoms with Crippen LogP contribution in [-0.2, 0) is 0 Å². The topological polar surface area (TPSA) is 52.6 Å². The summed E-state index contributed by atoms with van der Waals surface area (Å²) in [5.74, 6) is -0.328. The fourth-order valence-corrected chi connectivity index (χ4v) is 2.47. The number of hydrogen-bond donors (Lipinski definition) is 2. The van der Waals surface area contributed by atoms with Gasteiger partial charge >= 0.3 is 6.03 Å². The van der Waals surface area contributed by atoms with Crippen molar-refractivity contribution < 1.29 is 14.3 Å². The van der Waals surface area contributed by atoms with Gasteiger partial charge in [0.2, 0.25) is 0 Å². The minimum atomic E-state index is -0.413. The molecule has 1 aliphatic rings. The van der Waals surface area contributed by atoms with Crippen molar-refractivity contribution in [3.8, 4) is 0 Å². The minimum absolute atomic E-state index is 0.0837. The summed E-state index contributed by atoms with van der Waals surface area (Å²) in [5.41, 5.74) is 0.578. The van der Waals surface area contributed by atoms with Crippen LogP contribution in [0.2, 0.25) is 0 Å². The molecule has 2 N–H and O–H groups in total. The number of urea groups is 1. The van der Waals surface area contributed by atoms with E-state index in [9.17, 15) is 14.3 Å². The predicted molar refractivity (Wildman–Crippen MR) is 71.4 cm³/mol. The van der Waals surface area contributed by atoms with E-state index in [1.807, 2.05) is 0 Å². The van der Waals surface area contributed by atoms with Gasteiger partial charge < -0.3 is 15.3 Å². The molecule has 19 heavy (non-hydrogen) atoms. The zero-order valence-corrected chi connectivity index (χ0v) is 11.0. The first-order valence-electron chi connectivity index (χ1n) is 6.57. The highest BCUT2D eigenvalue weighted by Gasteiger charge is 2.29. The molecule has 0 aliphatic carbocycles. The van der Waals surface area contributed by atoms with Crippen molar-refractivity contribution in [1.82, 2.24) is 4.90 Å². The Labute approximate surface area is 112 Å². The standard InChI is InChI=1S/C14H19FN2O2/c1-10(18)9-13-3-2-8-17(13)14(19)16-12-6-4-11(15)5-7-12/h4-7,10,13,18H,2-3,8-9H2,1H3,(H,16,19). The molecule has 2 rings (SSSR count). The van der Waals surface area contributed by atoms with Crippen LogP contribution in [0.4, 0.5) is 14.9 Å². The summed E-state index contributed by atoms with van der Waals surface area (Å²) in [6.45, 7) is 2.43. The van der Waals surface area contributed by atoms with Crippen molar-refractivity contribution in [3.63, 3.8) is 0 Å². The maximum Gasteiger partial charge on any atom is 0.322 e. The van der Waals surface area contributed by atoms with Crippen LogP contribution in [0.25, 0.3) is 0 Å². The molecule has 1 heterocycles. The van der Waals surface area contributed by atoms with Crippen LogP contribution in [0.3, 0.4) is 0 Å². The number of anilines is 1. The van der Waals surface area contributed by atoms with Crippen LogP contribution in [0.5, 0.6) is 0 Å². The third kappa shape index (κ3) is 3.67. The van der Waals surface area contributed by atoms with Crippen LogP contribution < -0.4 is 5.32 Å². The van der Waals surface area contributed by atoms with Crippen molar-refractivity contribution in [2.45, 2.75) is 38.3 Å². The van der Waals surface area contributed by atoms with Gasteiger partial charge in [0, 0.05) is 18.3 Å². The number of nitrogens with zero attached hydrogens (tertiary/aromatic N) is 1. The van der Waals surface area contributed by atoms with Crippen LogP contribution in [0.1, 0.15) is 26.2 Å². The fourth-order valence-electron chi connectivity index (χ4n) is 2.47. The zero-order valence-electron chi connectivity index (χ0n) is 11.0. The lowest BCUT2D eigenvalue weighted by Crippen LogP contribution is -2.40. The third-order valence-electron chi connectivity index (χ3n) is 3.35. The van der Waals surface area contributed by atoms with E-state index in [0.29, 0.717) is 18.7 Å². The Hall–Kier alpha value is -1.62. The molecule has 1 aromatic carbocycles. The van der Waals surface area contributed by atoms with Gasteiger partial charge in [-0.3, -0.25) is 0 Å². The lowest BCUT2D eigenvalue weighted by atomic mass is 10.1. The number of carbonyl (C=O) groups excluding carboxylic acids is 1. The predicted octanol–water partition coefficient (Wildman–Crippen LogP) is 2.59. The summed E-state index contributed by atoms with van der Waals surface area (Å²) < 4.78 is 12.8. The third-order valence-corrected chi connectivity index (χ3v) is 3.35. The highest BCUT2D eigenvalue weighted by molar-refractivity contribution is 5.89. The van der Waals surface area contributed by atoms with Gasteiger partial charge in [0.1, 0.15) is 5.82 Å². The van der Waals surface area contributed by atoms with Crippen molar-refractivity contribution in [2.75, 3.05) is 11.9 Å². The number of hydrogen-bond acceptors (Lipinski definition) is 2. The van der Waals surface area contributed by atoms with Crippen LogP contribution in [0.15, 0.2) is 24.3 Å². The van der Waals surface area contributed by atoms with Crippen molar-refractivity contribution in [1.29, 1.82) is 0 Å².